The van der Waals surface area contributed by atoms with Crippen LogP contribution in [0.25, 0.3) is 0 Å². The molecule has 0 aromatic heterocycles. The molecule has 0 aliphatic carbocycles. The van der Waals surface area contributed by atoms with E-state index in [0.717, 1.165) is 5.56 Å². The Labute approximate surface area is 153 Å². The minimum Gasteiger partial charge on any atom is -0.478 e. The van der Waals surface area contributed by atoms with E-state index in [1.807, 2.05) is 0 Å². The molecule has 0 fully saturated rings. The molecule has 0 heterocycles. The van der Waals surface area contributed by atoms with E-state index in [0.29, 0.717) is 6.42 Å². The first-order valence-corrected chi connectivity index (χ1v) is 9.81. The Morgan fingerprint density at radius 1 is 1.04 bits per heavy atom. The van der Waals surface area contributed by atoms with Gasteiger partial charge in [0.25, 0.3) is 5.91 Å². The molecule has 6 nitrogen and oxygen atoms in total. The van der Waals surface area contributed by atoms with Crippen molar-refractivity contribution in [3.8, 4) is 0 Å². The number of hydrogen-bond donors (Lipinski definition) is 1. The lowest BCUT2D eigenvalue weighted by atomic mass is 10.1. The topological polar surface area (TPSA) is 91.8 Å². The van der Waals surface area contributed by atoms with Gasteiger partial charge in [0.15, 0.2) is 9.84 Å². The highest BCUT2D eigenvalue weighted by Crippen LogP contribution is 2.20. The Morgan fingerprint density at radius 3 is 2.23 bits per heavy atom. The van der Waals surface area contributed by atoms with Crippen LogP contribution in [0.15, 0.2) is 53.4 Å². The fourth-order valence-corrected chi connectivity index (χ4v) is 4.13. The second-order valence-electron chi connectivity index (χ2n) is 5.98. The predicted octanol–water partition coefficient (Wildman–Crippen LogP) is 2.84. The van der Waals surface area contributed by atoms with Crippen LogP contribution in [0.2, 0.25) is 0 Å². The van der Waals surface area contributed by atoms with Crippen molar-refractivity contribution in [2.75, 3.05) is 12.8 Å². The number of hydrogen-bond acceptors (Lipinski definition) is 4. The lowest BCUT2D eigenvalue weighted by Crippen LogP contribution is -2.28. The van der Waals surface area contributed by atoms with E-state index in [1.165, 1.54) is 29.2 Å². The van der Waals surface area contributed by atoms with Crippen molar-refractivity contribution in [3.05, 3.63) is 65.2 Å². The molecule has 2 rings (SSSR count). The van der Waals surface area contributed by atoms with E-state index in [2.05, 4.69) is 0 Å². The zero-order valence-electron chi connectivity index (χ0n) is 14.7. The first-order chi connectivity index (χ1) is 12.3. The number of amides is 1. The summed E-state index contributed by atoms with van der Waals surface area (Å²) < 4.78 is 24.8. The summed E-state index contributed by atoms with van der Waals surface area (Å²) >= 11 is 0. The van der Waals surface area contributed by atoms with Gasteiger partial charge in [-0.2, -0.15) is 0 Å². The summed E-state index contributed by atoms with van der Waals surface area (Å²) in [6.45, 7) is 2.01. The van der Waals surface area contributed by atoms with Gasteiger partial charge in [-0.3, -0.25) is 4.79 Å². The van der Waals surface area contributed by atoms with Crippen LogP contribution in [0.1, 0.15) is 39.6 Å². The largest absolute Gasteiger partial charge is 0.478 e. The molecule has 0 saturated heterocycles. The summed E-state index contributed by atoms with van der Waals surface area (Å²) in [7, 11) is -1.94. The minimum absolute atomic E-state index is 0.0162. The average molecular weight is 375 g/mol. The van der Waals surface area contributed by atoms with Crippen molar-refractivity contribution in [1.29, 1.82) is 0 Å². The van der Waals surface area contributed by atoms with Gasteiger partial charge in [-0.25, -0.2) is 13.2 Å². The molecule has 0 aliphatic rings. The average Bonchev–Trinajstić information content (AvgIpc) is 2.61. The summed E-state index contributed by atoms with van der Waals surface area (Å²) in [5.41, 5.74) is 1.06. The molecule has 0 radical (unpaired) electrons. The van der Waals surface area contributed by atoms with Gasteiger partial charge in [0, 0.05) is 13.6 Å². The van der Waals surface area contributed by atoms with Gasteiger partial charge < -0.3 is 10.0 Å². The molecular formula is C19H21NO5S. The van der Waals surface area contributed by atoms with E-state index in [1.54, 1.807) is 38.2 Å². The molecule has 1 N–H and O–H groups in total. The van der Waals surface area contributed by atoms with Gasteiger partial charge in [0.1, 0.15) is 0 Å². The highest BCUT2D eigenvalue weighted by atomic mass is 32.2. The van der Waals surface area contributed by atoms with Gasteiger partial charge in [-0.1, -0.05) is 31.2 Å². The van der Waals surface area contributed by atoms with Crippen LogP contribution >= 0.6 is 0 Å². The zero-order valence-corrected chi connectivity index (χ0v) is 15.5. The summed E-state index contributed by atoms with van der Waals surface area (Å²) in [4.78, 5) is 25.1. The van der Waals surface area contributed by atoms with Crippen LogP contribution in [0.3, 0.4) is 0 Å². The van der Waals surface area contributed by atoms with Crippen LogP contribution in [0.5, 0.6) is 0 Å². The fourth-order valence-electron chi connectivity index (χ4n) is 2.60. The van der Waals surface area contributed by atoms with Crippen LogP contribution in [-0.4, -0.2) is 43.1 Å². The van der Waals surface area contributed by atoms with Crippen molar-refractivity contribution < 1.29 is 23.1 Å². The second-order valence-corrected chi connectivity index (χ2v) is 8.06. The van der Waals surface area contributed by atoms with Crippen molar-refractivity contribution in [1.82, 2.24) is 4.90 Å². The molecule has 138 valence electrons. The highest BCUT2D eigenvalue weighted by Gasteiger charge is 2.23. The number of benzene rings is 2. The van der Waals surface area contributed by atoms with Crippen molar-refractivity contribution in [2.24, 2.45) is 0 Å². The van der Waals surface area contributed by atoms with E-state index in [9.17, 15) is 18.0 Å². The Kier molecular flexibility index (Phi) is 6.15. The standard InChI is InChI=1S/C19H21NO5S/c1-3-12-26(24,25)17-7-5-4-6-16(17)18(21)20(2)13-14-8-10-15(11-9-14)19(22)23/h4-11H,3,12-13H2,1-2H3,(H,22,23). The van der Waals surface area contributed by atoms with Gasteiger partial charge in [0.2, 0.25) is 0 Å². The van der Waals surface area contributed by atoms with Crippen LogP contribution < -0.4 is 0 Å². The molecule has 2 aromatic rings. The van der Waals surface area contributed by atoms with Crippen LogP contribution in [0, 0.1) is 0 Å². The van der Waals surface area contributed by atoms with Gasteiger partial charge >= 0.3 is 5.97 Å². The molecule has 2 aromatic carbocycles. The molecule has 1 amide bonds. The van der Waals surface area contributed by atoms with Crippen LogP contribution in [0.4, 0.5) is 0 Å². The first kappa shape index (κ1) is 19.7. The maximum atomic E-state index is 12.8. The Morgan fingerprint density at radius 2 is 1.65 bits per heavy atom. The highest BCUT2D eigenvalue weighted by molar-refractivity contribution is 7.91. The maximum Gasteiger partial charge on any atom is 0.335 e. The molecule has 0 bridgehead atoms. The summed E-state index contributed by atoms with van der Waals surface area (Å²) in [6.07, 6.45) is 0.469. The minimum atomic E-state index is -3.52. The lowest BCUT2D eigenvalue weighted by molar-refractivity contribution is 0.0695. The normalized spacial score (nSPS) is 11.2. The molecular weight excluding hydrogens is 354 g/mol. The first-order valence-electron chi connectivity index (χ1n) is 8.15. The Bertz CT molecular complexity index is 904. The molecule has 0 unspecified atom stereocenters. The quantitative estimate of drug-likeness (QED) is 0.803. The monoisotopic (exact) mass is 375 g/mol. The SMILES string of the molecule is CCCS(=O)(=O)c1ccccc1C(=O)N(C)Cc1ccc(C(=O)O)cc1. The van der Waals surface area contributed by atoms with Crippen molar-refractivity contribution in [2.45, 2.75) is 24.8 Å². The zero-order chi connectivity index (χ0) is 19.3. The molecule has 26 heavy (non-hydrogen) atoms. The number of carbonyl (C=O) groups excluding carboxylic acids is 1. The fraction of sp³-hybridized carbons (Fsp3) is 0.263. The molecule has 7 heteroatoms. The van der Waals surface area contributed by atoms with E-state index in [4.69, 9.17) is 5.11 Å². The Hall–Kier alpha value is -2.67. The van der Waals surface area contributed by atoms with E-state index >= 15 is 0 Å². The number of rotatable bonds is 7. The lowest BCUT2D eigenvalue weighted by Gasteiger charge is -2.19. The van der Waals surface area contributed by atoms with E-state index in [-0.39, 0.29) is 28.3 Å². The molecule has 0 atom stereocenters. The third-order valence-electron chi connectivity index (χ3n) is 3.89. The number of carboxylic acids is 1. The number of carboxylic acid groups (broad SMARTS) is 1. The molecule has 0 aliphatic heterocycles. The number of nitrogens with zero attached hydrogens (tertiary/aromatic N) is 1. The number of aromatic carboxylic acids is 1. The predicted molar refractivity (Wildman–Crippen MR) is 98.0 cm³/mol. The van der Waals surface area contributed by atoms with E-state index < -0.39 is 21.7 Å². The van der Waals surface area contributed by atoms with Gasteiger partial charge in [0.05, 0.1) is 21.8 Å². The number of sulfone groups is 1. The third-order valence-corrected chi connectivity index (χ3v) is 5.86. The summed E-state index contributed by atoms with van der Waals surface area (Å²) in [5.74, 6) is -1.43. The van der Waals surface area contributed by atoms with Gasteiger partial charge in [-0.05, 0) is 36.2 Å². The summed E-state index contributed by atoms with van der Waals surface area (Å²) in [5, 5.41) is 8.92. The van der Waals surface area contributed by atoms with Crippen LogP contribution in [-0.2, 0) is 16.4 Å². The smallest absolute Gasteiger partial charge is 0.335 e. The van der Waals surface area contributed by atoms with Gasteiger partial charge in [-0.15, -0.1) is 0 Å². The molecule has 0 saturated carbocycles. The summed E-state index contributed by atoms with van der Waals surface area (Å²) in [6, 6.07) is 12.4. The van der Waals surface area contributed by atoms with Crippen molar-refractivity contribution in [3.63, 3.8) is 0 Å². The molecule has 0 spiro atoms. The Balaban J connectivity index is 2.25. The number of carbonyl (C=O) groups is 2. The maximum absolute atomic E-state index is 12.8. The van der Waals surface area contributed by atoms with Crippen molar-refractivity contribution >= 4 is 21.7 Å². The third kappa shape index (κ3) is 4.49. The second kappa shape index (κ2) is 8.14.